The molecule has 0 fully saturated rings. The highest BCUT2D eigenvalue weighted by molar-refractivity contribution is 7.89. The van der Waals surface area contributed by atoms with Gasteiger partial charge in [-0.1, -0.05) is 24.6 Å². The van der Waals surface area contributed by atoms with Gasteiger partial charge < -0.3 is 0 Å². The van der Waals surface area contributed by atoms with E-state index in [4.69, 9.17) is 0 Å². The minimum absolute atomic E-state index is 0.0371. The highest BCUT2D eigenvalue weighted by Crippen LogP contribution is 2.17. The number of sulfonamides is 1. The van der Waals surface area contributed by atoms with Crippen molar-refractivity contribution >= 4 is 21.7 Å². The zero-order valence-electron chi connectivity index (χ0n) is 12.1. The van der Waals surface area contributed by atoms with Crippen LogP contribution in [-0.4, -0.2) is 31.5 Å². The minimum atomic E-state index is -3.91. The molecule has 0 heterocycles. The summed E-state index contributed by atoms with van der Waals surface area (Å²) in [6.07, 6.45) is 0.200. The Morgan fingerprint density at radius 3 is 2.15 bits per heavy atom. The Balaban J connectivity index is 3.06. The van der Waals surface area contributed by atoms with E-state index in [2.05, 4.69) is 0 Å². The van der Waals surface area contributed by atoms with Crippen LogP contribution in [0.3, 0.4) is 0 Å². The first-order valence-corrected chi connectivity index (χ1v) is 7.78. The average molecular weight is 297 g/mol. The normalized spacial score (nSPS) is 12.8. The van der Waals surface area contributed by atoms with Gasteiger partial charge in [-0.2, -0.15) is 0 Å². The van der Waals surface area contributed by atoms with E-state index in [-0.39, 0.29) is 17.1 Å². The first kappa shape index (κ1) is 16.4. The smallest absolute Gasteiger partial charge is 0.266 e. The average Bonchev–Trinajstić information content (AvgIpc) is 2.44. The minimum Gasteiger partial charge on any atom is -0.299 e. The van der Waals surface area contributed by atoms with E-state index in [0.29, 0.717) is 4.31 Å². The molecule has 0 aliphatic rings. The molecule has 6 heteroatoms. The van der Waals surface area contributed by atoms with Crippen LogP contribution >= 0.6 is 0 Å². The van der Waals surface area contributed by atoms with Gasteiger partial charge in [0.2, 0.25) is 5.91 Å². The second-order valence-electron chi connectivity index (χ2n) is 4.67. The first-order valence-electron chi connectivity index (χ1n) is 6.34. The Hall–Kier alpha value is -1.69. The predicted molar refractivity (Wildman–Crippen MR) is 75.6 cm³/mol. The number of aryl methyl sites for hydroxylation is 1. The van der Waals surface area contributed by atoms with Gasteiger partial charge in [0.25, 0.3) is 10.0 Å². The van der Waals surface area contributed by atoms with Gasteiger partial charge in [0.15, 0.2) is 0 Å². The van der Waals surface area contributed by atoms with Crippen LogP contribution in [0.15, 0.2) is 29.2 Å². The molecule has 0 N–H and O–H groups in total. The van der Waals surface area contributed by atoms with Crippen LogP contribution in [0.5, 0.6) is 0 Å². The van der Waals surface area contributed by atoms with Crippen molar-refractivity contribution in [3.8, 4) is 0 Å². The van der Waals surface area contributed by atoms with Gasteiger partial charge in [-0.3, -0.25) is 9.59 Å². The zero-order chi connectivity index (χ0) is 15.5. The lowest BCUT2D eigenvalue weighted by atomic mass is 10.0. The molecule has 1 rings (SSSR count). The lowest BCUT2D eigenvalue weighted by molar-refractivity contribution is -0.136. The first-order chi connectivity index (χ1) is 9.21. The van der Waals surface area contributed by atoms with E-state index in [9.17, 15) is 18.0 Å². The fourth-order valence-corrected chi connectivity index (χ4v) is 2.89. The summed E-state index contributed by atoms with van der Waals surface area (Å²) in [5.41, 5.74) is 0.924. The fourth-order valence-electron chi connectivity index (χ4n) is 1.70. The fraction of sp³-hybridized carbons (Fsp3) is 0.429. The van der Waals surface area contributed by atoms with Gasteiger partial charge in [0, 0.05) is 13.5 Å². The molecule has 0 radical (unpaired) electrons. The third-order valence-electron chi connectivity index (χ3n) is 3.19. The van der Waals surface area contributed by atoms with Crippen LogP contribution in [0.4, 0.5) is 0 Å². The molecule has 110 valence electrons. The van der Waals surface area contributed by atoms with Crippen molar-refractivity contribution in [2.24, 2.45) is 5.92 Å². The largest absolute Gasteiger partial charge is 0.299 e. The Bertz CT molecular complexity index is 605. The van der Waals surface area contributed by atoms with Gasteiger partial charge in [-0.25, -0.2) is 12.7 Å². The van der Waals surface area contributed by atoms with Gasteiger partial charge in [0.1, 0.15) is 5.78 Å². The van der Waals surface area contributed by atoms with Crippen molar-refractivity contribution in [1.82, 2.24) is 4.31 Å². The second-order valence-corrected chi connectivity index (χ2v) is 6.63. The lowest BCUT2D eigenvalue weighted by Gasteiger charge is -2.20. The van der Waals surface area contributed by atoms with E-state index in [0.717, 1.165) is 5.56 Å². The molecule has 0 spiro atoms. The third kappa shape index (κ3) is 3.25. The third-order valence-corrected chi connectivity index (χ3v) is 4.96. The lowest BCUT2D eigenvalue weighted by Crippen LogP contribution is -2.39. The highest BCUT2D eigenvalue weighted by atomic mass is 32.2. The Morgan fingerprint density at radius 2 is 1.70 bits per heavy atom. The van der Waals surface area contributed by atoms with Crippen molar-refractivity contribution in [3.63, 3.8) is 0 Å². The number of hydrogen-bond acceptors (Lipinski definition) is 4. The van der Waals surface area contributed by atoms with Crippen LogP contribution in [0, 0.1) is 12.8 Å². The van der Waals surface area contributed by atoms with E-state index in [1.165, 1.54) is 26.1 Å². The molecule has 5 nitrogen and oxygen atoms in total. The molecule has 0 saturated heterocycles. The molecule has 0 unspecified atom stereocenters. The molecular weight excluding hydrogens is 278 g/mol. The van der Waals surface area contributed by atoms with Crippen molar-refractivity contribution < 1.29 is 18.0 Å². The number of ketones is 1. The maximum Gasteiger partial charge on any atom is 0.266 e. The number of hydrogen-bond donors (Lipinski definition) is 0. The summed E-state index contributed by atoms with van der Waals surface area (Å²) in [5, 5.41) is 0. The van der Waals surface area contributed by atoms with Crippen LogP contribution in [0.25, 0.3) is 0 Å². The molecule has 0 aliphatic carbocycles. The Labute approximate surface area is 119 Å². The molecule has 0 bridgehead atoms. The summed E-state index contributed by atoms with van der Waals surface area (Å²) >= 11 is 0. The van der Waals surface area contributed by atoms with E-state index in [1.54, 1.807) is 19.1 Å². The summed E-state index contributed by atoms with van der Waals surface area (Å²) in [4.78, 5) is 23.6. The van der Waals surface area contributed by atoms with Crippen LogP contribution < -0.4 is 0 Å². The molecule has 1 amide bonds. The number of amides is 1. The second kappa shape index (κ2) is 6.17. The van der Waals surface area contributed by atoms with Crippen molar-refractivity contribution in [3.05, 3.63) is 29.8 Å². The Kier molecular flexibility index (Phi) is 5.05. The van der Waals surface area contributed by atoms with Gasteiger partial charge >= 0.3 is 0 Å². The number of nitrogens with zero attached hydrogens (tertiary/aromatic N) is 1. The van der Waals surface area contributed by atoms with E-state index >= 15 is 0 Å². The predicted octanol–water partition coefficient (Wildman–Crippen LogP) is 1.76. The summed E-state index contributed by atoms with van der Waals surface area (Å²) in [7, 11) is -2.73. The van der Waals surface area contributed by atoms with Crippen molar-refractivity contribution in [1.29, 1.82) is 0 Å². The molecule has 0 aromatic heterocycles. The summed E-state index contributed by atoms with van der Waals surface area (Å²) < 4.78 is 25.2. The van der Waals surface area contributed by atoms with E-state index in [1.807, 2.05) is 6.92 Å². The van der Waals surface area contributed by atoms with Crippen LogP contribution in [0.1, 0.15) is 25.8 Å². The van der Waals surface area contributed by atoms with Gasteiger partial charge in [-0.15, -0.1) is 0 Å². The number of rotatable bonds is 5. The Morgan fingerprint density at radius 1 is 1.20 bits per heavy atom. The maximum atomic E-state index is 12.3. The van der Waals surface area contributed by atoms with Gasteiger partial charge in [-0.05, 0) is 26.0 Å². The number of Topliss-reactive ketones (excluding diaryl/α,β-unsaturated/α-hetero) is 1. The molecule has 1 aromatic rings. The van der Waals surface area contributed by atoms with Crippen molar-refractivity contribution in [2.75, 3.05) is 7.05 Å². The topological polar surface area (TPSA) is 71.5 Å². The van der Waals surface area contributed by atoms with E-state index < -0.39 is 21.8 Å². The zero-order valence-corrected chi connectivity index (χ0v) is 12.9. The molecule has 1 aromatic carbocycles. The standard InChI is InChI=1S/C14H19NO4S/c1-5-13(16)11(3)14(17)15(4)20(18,19)12-8-6-10(2)7-9-12/h6-9,11H,5H2,1-4H3/t11-/m0/s1. The summed E-state index contributed by atoms with van der Waals surface area (Å²) in [6, 6.07) is 6.21. The SMILES string of the molecule is CCC(=O)[C@H](C)C(=O)N(C)S(=O)(=O)c1ccc(C)cc1. The number of benzene rings is 1. The summed E-state index contributed by atoms with van der Waals surface area (Å²) in [5.74, 6) is -1.94. The van der Waals surface area contributed by atoms with Crippen molar-refractivity contribution in [2.45, 2.75) is 32.1 Å². The van der Waals surface area contributed by atoms with Gasteiger partial charge in [0.05, 0.1) is 10.8 Å². The monoisotopic (exact) mass is 297 g/mol. The highest BCUT2D eigenvalue weighted by Gasteiger charge is 2.31. The van der Waals surface area contributed by atoms with Crippen LogP contribution in [-0.2, 0) is 19.6 Å². The molecule has 20 heavy (non-hydrogen) atoms. The molecule has 0 saturated carbocycles. The van der Waals surface area contributed by atoms with Crippen LogP contribution in [0.2, 0.25) is 0 Å². The maximum absolute atomic E-state index is 12.3. The number of carbonyl (C=O) groups is 2. The molecular formula is C14H19NO4S. The molecule has 1 atom stereocenters. The number of carbonyl (C=O) groups excluding carboxylic acids is 2. The summed E-state index contributed by atoms with van der Waals surface area (Å²) in [6.45, 7) is 4.91. The quantitative estimate of drug-likeness (QED) is 0.776. The molecule has 0 aliphatic heterocycles.